The summed E-state index contributed by atoms with van der Waals surface area (Å²) in [5.74, 6) is -0.327. The SMILES string of the molecule is COC1CCCN(C(=O)c2ccccc2S(=O)(=O)Cl)C1. The monoisotopic (exact) mass is 317 g/mol. The topological polar surface area (TPSA) is 63.7 Å². The molecule has 5 nitrogen and oxygen atoms in total. The van der Waals surface area contributed by atoms with Gasteiger partial charge in [0, 0.05) is 30.9 Å². The van der Waals surface area contributed by atoms with E-state index in [2.05, 4.69) is 0 Å². The Morgan fingerprint density at radius 2 is 2.10 bits per heavy atom. The van der Waals surface area contributed by atoms with Crippen LogP contribution in [0, 0.1) is 0 Å². The molecule has 1 heterocycles. The average Bonchev–Trinajstić information content (AvgIpc) is 2.45. The number of piperidine rings is 1. The van der Waals surface area contributed by atoms with Gasteiger partial charge in [0.25, 0.3) is 15.0 Å². The highest BCUT2D eigenvalue weighted by Gasteiger charge is 2.28. The van der Waals surface area contributed by atoms with Crippen LogP contribution >= 0.6 is 10.7 Å². The van der Waals surface area contributed by atoms with E-state index in [1.165, 1.54) is 12.1 Å². The van der Waals surface area contributed by atoms with Crippen molar-refractivity contribution in [3.63, 3.8) is 0 Å². The zero-order valence-corrected chi connectivity index (χ0v) is 12.7. The minimum absolute atomic E-state index is 0.00697. The molecule has 0 aromatic heterocycles. The molecule has 0 radical (unpaired) electrons. The van der Waals surface area contributed by atoms with Crippen LogP contribution < -0.4 is 0 Å². The van der Waals surface area contributed by atoms with Crippen molar-refractivity contribution in [2.45, 2.75) is 23.8 Å². The number of ether oxygens (including phenoxy) is 1. The molecule has 0 N–H and O–H groups in total. The van der Waals surface area contributed by atoms with E-state index in [1.807, 2.05) is 0 Å². The molecule has 0 spiro atoms. The van der Waals surface area contributed by atoms with Crippen molar-refractivity contribution in [2.75, 3.05) is 20.2 Å². The quantitative estimate of drug-likeness (QED) is 0.798. The zero-order chi connectivity index (χ0) is 14.8. The van der Waals surface area contributed by atoms with E-state index in [9.17, 15) is 13.2 Å². The summed E-state index contributed by atoms with van der Waals surface area (Å²) in [5, 5.41) is 0. The third kappa shape index (κ3) is 3.31. The van der Waals surface area contributed by atoms with Crippen LogP contribution in [0.4, 0.5) is 0 Å². The highest BCUT2D eigenvalue weighted by atomic mass is 35.7. The fourth-order valence-corrected chi connectivity index (χ4v) is 3.40. The van der Waals surface area contributed by atoms with Crippen LogP contribution in [0.3, 0.4) is 0 Å². The first-order chi connectivity index (χ1) is 9.43. The van der Waals surface area contributed by atoms with Gasteiger partial charge in [0.1, 0.15) is 0 Å². The largest absolute Gasteiger partial charge is 0.380 e. The molecule has 2 rings (SSSR count). The highest BCUT2D eigenvalue weighted by molar-refractivity contribution is 8.13. The maximum absolute atomic E-state index is 12.5. The van der Waals surface area contributed by atoms with Crippen LogP contribution in [0.25, 0.3) is 0 Å². The third-order valence-electron chi connectivity index (χ3n) is 3.38. The average molecular weight is 318 g/mol. The van der Waals surface area contributed by atoms with Gasteiger partial charge in [0.15, 0.2) is 0 Å². The van der Waals surface area contributed by atoms with Crippen LogP contribution in [0.5, 0.6) is 0 Å². The second-order valence-electron chi connectivity index (χ2n) is 4.69. The fourth-order valence-electron chi connectivity index (χ4n) is 2.34. The fraction of sp³-hybridized carbons (Fsp3) is 0.462. The summed E-state index contributed by atoms with van der Waals surface area (Å²) in [6, 6.07) is 5.98. The van der Waals surface area contributed by atoms with Gasteiger partial charge in [-0.25, -0.2) is 8.42 Å². The molecule has 1 aliphatic rings. The standard InChI is InChI=1S/C13H16ClNO4S/c1-19-10-5-4-8-15(9-10)13(16)11-6-2-3-7-12(11)20(14,17)18/h2-3,6-7,10H,4-5,8-9H2,1H3. The summed E-state index contributed by atoms with van der Waals surface area (Å²) in [4.78, 5) is 13.9. The first kappa shape index (κ1) is 15.3. The normalized spacial score (nSPS) is 19.9. The molecular formula is C13H16ClNO4S. The summed E-state index contributed by atoms with van der Waals surface area (Å²) < 4.78 is 28.3. The molecule has 1 unspecified atom stereocenters. The molecule has 110 valence electrons. The van der Waals surface area contributed by atoms with Crippen molar-refractivity contribution in [3.05, 3.63) is 29.8 Å². The number of nitrogens with zero attached hydrogens (tertiary/aromatic N) is 1. The van der Waals surface area contributed by atoms with Gasteiger partial charge in [0.2, 0.25) is 0 Å². The summed E-state index contributed by atoms with van der Waals surface area (Å²) in [6.07, 6.45) is 1.72. The van der Waals surface area contributed by atoms with Crippen LogP contribution in [-0.4, -0.2) is 45.5 Å². The second kappa shape index (κ2) is 6.11. The molecule has 0 aliphatic carbocycles. The van der Waals surface area contributed by atoms with Crippen molar-refractivity contribution < 1.29 is 17.9 Å². The summed E-state index contributed by atoms with van der Waals surface area (Å²) >= 11 is 0. The van der Waals surface area contributed by atoms with E-state index < -0.39 is 9.05 Å². The van der Waals surface area contributed by atoms with Crippen LogP contribution in [-0.2, 0) is 13.8 Å². The molecule has 0 saturated carbocycles. The molecule has 0 bridgehead atoms. The summed E-state index contributed by atoms with van der Waals surface area (Å²) in [7, 11) is 3.04. The third-order valence-corrected chi connectivity index (χ3v) is 4.76. The van der Waals surface area contributed by atoms with Gasteiger partial charge in [-0.3, -0.25) is 4.79 Å². The maximum Gasteiger partial charge on any atom is 0.262 e. The van der Waals surface area contributed by atoms with Gasteiger partial charge in [-0.2, -0.15) is 0 Å². The van der Waals surface area contributed by atoms with Crippen LogP contribution in [0.1, 0.15) is 23.2 Å². The van der Waals surface area contributed by atoms with E-state index in [0.717, 1.165) is 12.8 Å². The number of hydrogen-bond acceptors (Lipinski definition) is 4. The molecule has 20 heavy (non-hydrogen) atoms. The molecular weight excluding hydrogens is 302 g/mol. The van der Waals surface area contributed by atoms with Crippen molar-refractivity contribution in [1.29, 1.82) is 0 Å². The first-order valence-corrected chi connectivity index (χ1v) is 8.60. The van der Waals surface area contributed by atoms with Gasteiger partial charge in [-0.05, 0) is 25.0 Å². The zero-order valence-electron chi connectivity index (χ0n) is 11.1. The van der Waals surface area contributed by atoms with Gasteiger partial charge in [-0.15, -0.1) is 0 Å². The number of hydrogen-bond donors (Lipinski definition) is 0. The van der Waals surface area contributed by atoms with E-state index in [0.29, 0.717) is 13.1 Å². The van der Waals surface area contributed by atoms with E-state index in [1.54, 1.807) is 24.1 Å². The van der Waals surface area contributed by atoms with E-state index >= 15 is 0 Å². The molecule has 7 heteroatoms. The Morgan fingerprint density at radius 3 is 2.75 bits per heavy atom. The minimum Gasteiger partial charge on any atom is -0.380 e. The van der Waals surface area contributed by atoms with Crippen LogP contribution in [0.15, 0.2) is 29.2 Å². The Kier molecular flexibility index (Phi) is 4.67. The van der Waals surface area contributed by atoms with Gasteiger partial charge < -0.3 is 9.64 Å². The van der Waals surface area contributed by atoms with Crippen LogP contribution in [0.2, 0.25) is 0 Å². The number of methoxy groups -OCH3 is 1. The lowest BCUT2D eigenvalue weighted by Gasteiger charge is -2.32. The van der Waals surface area contributed by atoms with Gasteiger partial charge in [0.05, 0.1) is 16.6 Å². The lowest BCUT2D eigenvalue weighted by Crippen LogP contribution is -2.43. The Bertz CT molecular complexity index is 602. The van der Waals surface area contributed by atoms with E-state index in [4.69, 9.17) is 15.4 Å². The minimum atomic E-state index is -3.94. The summed E-state index contributed by atoms with van der Waals surface area (Å²) in [6.45, 7) is 1.06. The van der Waals surface area contributed by atoms with Crippen molar-refractivity contribution in [1.82, 2.24) is 4.90 Å². The van der Waals surface area contributed by atoms with Gasteiger partial charge in [-0.1, -0.05) is 12.1 Å². The van der Waals surface area contributed by atoms with Crippen molar-refractivity contribution >= 4 is 25.6 Å². The number of carbonyl (C=O) groups excluding carboxylic acids is 1. The predicted octanol–water partition coefficient (Wildman–Crippen LogP) is 1.87. The Balaban J connectivity index is 2.30. The number of carbonyl (C=O) groups is 1. The lowest BCUT2D eigenvalue weighted by atomic mass is 10.1. The number of likely N-dealkylation sites (tertiary alicyclic amines) is 1. The Morgan fingerprint density at radius 1 is 1.40 bits per heavy atom. The molecule has 1 fully saturated rings. The number of amides is 1. The van der Waals surface area contributed by atoms with Gasteiger partial charge >= 0.3 is 0 Å². The van der Waals surface area contributed by atoms with Crippen molar-refractivity contribution in [2.24, 2.45) is 0 Å². The molecule has 1 aromatic rings. The maximum atomic E-state index is 12.5. The number of halogens is 1. The summed E-state index contributed by atoms with van der Waals surface area (Å²) in [5.41, 5.74) is 0.110. The number of rotatable bonds is 3. The lowest BCUT2D eigenvalue weighted by molar-refractivity contribution is 0.0267. The smallest absolute Gasteiger partial charge is 0.262 e. The molecule has 1 amide bonds. The molecule has 1 aromatic carbocycles. The van der Waals surface area contributed by atoms with Crippen molar-refractivity contribution in [3.8, 4) is 0 Å². The first-order valence-electron chi connectivity index (χ1n) is 6.29. The predicted molar refractivity (Wildman–Crippen MR) is 75.4 cm³/mol. The highest BCUT2D eigenvalue weighted by Crippen LogP contribution is 2.23. The van der Waals surface area contributed by atoms with E-state index in [-0.39, 0.29) is 22.5 Å². The Labute approximate surface area is 122 Å². The number of benzene rings is 1. The second-order valence-corrected chi connectivity index (χ2v) is 7.22. The molecule has 1 aliphatic heterocycles. The molecule has 1 atom stereocenters. The Hall–Kier alpha value is -1.11. The molecule has 1 saturated heterocycles.